The van der Waals surface area contributed by atoms with Crippen molar-refractivity contribution in [2.75, 3.05) is 11.9 Å². The second-order valence-corrected chi connectivity index (χ2v) is 7.73. The van der Waals surface area contributed by atoms with Crippen molar-refractivity contribution in [2.24, 2.45) is 5.92 Å². The second-order valence-electron chi connectivity index (χ2n) is 7.73. The Hall–Kier alpha value is -2.64. The van der Waals surface area contributed by atoms with E-state index in [1.54, 1.807) is 6.07 Å². The molecule has 2 N–H and O–H groups in total. The number of benzene rings is 1. The molecule has 1 aromatic carbocycles. The van der Waals surface area contributed by atoms with Crippen LogP contribution < -0.4 is 10.6 Å². The van der Waals surface area contributed by atoms with E-state index in [0.717, 1.165) is 37.3 Å². The predicted octanol–water partition coefficient (Wildman–Crippen LogP) is 5.39. The van der Waals surface area contributed by atoms with E-state index >= 15 is 0 Å². The Morgan fingerprint density at radius 1 is 1.17 bits per heavy atom. The van der Waals surface area contributed by atoms with Gasteiger partial charge < -0.3 is 10.6 Å². The summed E-state index contributed by atoms with van der Waals surface area (Å²) < 4.78 is 53.0. The third-order valence-electron chi connectivity index (χ3n) is 5.54. The maximum atomic E-state index is 14.3. The Morgan fingerprint density at radius 3 is 2.55 bits per heavy atom. The SMILES string of the molecule is O=C(NCC1CCC1)c1cnc(Nc2cccc(C(F)(F)F)c2F)cc1C1CC1. The molecular weight excluding hydrogens is 386 g/mol. The first-order chi connectivity index (χ1) is 13.8. The molecule has 0 spiro atoms. The van der Waals surface area contributed by atoms with Crippen LogP contribution in [-0.4, -0.2) is 17.4 Å². The zero-order chi connectivity index (χ0) is 20.6. The normalized spacial score (nSPS) is 17.0. The fourth-order valence-corrected chi connectivity index (χ4v) is 3.48. The summed E-state index contributed by atoms with van der Waals surface area (Å²) in [5.74, 6) is -0.615. The molecule has 29 heavy (non-hydrogen) atoms. The molecule has 154 valence electrons. The number of rotatable bonds is 6. The highest BCUT2D eigenvalue weighted by Crippen LogP contribution is 2.42. The molecule has 0 unspecified atom stereocenters. The van der Waals surface area contributed by atoms with Gasteiger partial charge in [0, 0.05) is 12.7 Å². The average molecular weight is 407 g/mol. The summed E-state index contributed by atoms with van der Waals surface area (Å²) in [7, 11) is 0. The molecular formula is C21H21F4N3O. The summed E-state index contributed by atoms with van der Waals surface area (Å²) in [5.41, 5.74) is -0.379. The van der Waals surface area contributed by atoms with Crippen LogP contribution in [0.3, 0.4) is 0 Å². The van der Waals surface area contributed by atoms with Gasteiger partial charge in [0.05, 0.1) is 16.8 Å². The zero-order valence-corrected chi connectivity index (χ0v) is 15.7. The van der Waals surface area contributed by atoms with E-state index < -0.39 is 17.6 Å². The van der Waals surface area contributed by atoms with Gasteiger partial charge in [-0.1, -0.05) is 12.5 Å². The van der Waals surface area contributed by atoms with Crippen molar-refractivity contribution >= 4 is 17.4 Å². The van der Waals surface area contributed by atoms with E-state index in [9.17, 15) is 22.4 Å². The van der Waals surface area contributed by atoms with Crippen LogP contribution in [0.15, 0.2) is 30.5 Å². The number of aromatic nitrogens is 1. The molecule has 2 aliphatic carbocycles. The summed E-state index contributed by atoms with van der Waals surface area (Å²) in [5, 5.41) is 5.57. The van der Waals surface area contributed by atoms with Crippen molar-refractivity contribution in [1.82, 2.24) is 10.3 Å². The number of amides is 1. The van der Waals surface area contributed by atoms with E-state index in [4.69, 9.17) is 0 Å². The van der Waals surface area contributed by atoms with Crippen LogP contribution in [0.2, 0.25) is 0 Å². The molecule has 8 heteroatoms. The lowest BCUT2D eigenvalue weighted by molar-refractivity contribution is -0.139. The standard InChI is InChI=1S/C21H21F4N3O/c22-19-16(21(23,24)25)5-2-6-17(19)28-18-9-14(13-7-8-13)15(11-26-18)20(29)27-10-12-3-1-4-12/h2,5-6,9,11-13H,1,3-4,7-8,10H2,(H,26,28)(H,27,29). The van der Waals surface area contributed by atoms with Crippen LogP contribution in [0.4, 0.5) is 29.1 Å². The number of carbonyl (C=O) groups excluding carboxylic acids is 1. The fraction of sp³-hybridized carbons (Fsp3) is 0.429. The van der Waals surface area contributed by atoms with E-state index in [-0.39, 0.29) is 23.3 Å². The number of carbonyl (C=O) groups is 1. The molecule has 0 aliphatic heterocycles. The van der Waals surface area contributed by atoms with Crippen LogP contribution in [-0.2, 0) is 6.18 Å². The minimum absolute atomic E-state index is 0.192. The maximum absolute atomic E-state index is 14.3. The zero-order valence-electron chi connectivity index (χ0n) is 15.7. The number of anilines is 2. The Morgan fingerprint density at radius 2 is 1.93 bits per heavy atom. The quantitative estimate of drug-likeness (QED) is 0.632. The van der Waals surface area contributed by atoms with Gasteiger partial charge in [-0.15, -0.1) is 0 Å². The molecule has 2 aliphatic rings. The largest absolute Gasteiger partial charge is 0.419 e. The van der Waals surface area contributed by atoms with Gasteiger partial charge in [-0.05, 0) is 61.3 Å². The van der Waals surface area contributed by atoms with Crippen molar-refractivity contribution in [3.05, 3.63) is 53.0 Å². The highest BCUT2D eigenvalue weighted by molar-refractivity contribution is 5.96. The van der Waals surface area contributed by atoms with Gasteiger partial charge in [-0.25, -0.2) is 9.37 Å². The number of halogens is 4. The fourth-order valence-electron chi connectivity index (χ4n) is 3.48. The number of alkyl halides is 3. The molecule has 0 bridgehead atoms. The Bertz CT molecular complexity index is 921. The monoisotopic (exact) mass is 407 g/mol. The van der Waals surface area contributed by atoms with E-state index in [1.165, 1.54) is 18.7 Å². The van der Waals surface area contributed by atoms with Crippen LogP contribution in [0.5, 0.6) is 0 Å². The van der Waals surface area contributed by atoms with Crippen LogP contribution in [0, 0.1) is 11.7 Å². The number of nitrogens with one attached hydrogen (secondary N) is 2. The van der Waals surface area contributed by atoms with Gasteiger partial charge in [0.25, 0.3) is 5.91 Å². The Labute approximate surface area is 165 Å². The lowest BCUT2D eigenvalue weighted by Crippen LogP contribution is -2.32. The molecule has 2 saturated carbocycles. The highest BCUT2D eigenvalue weighted by Gasteiger charge is 2.35. The number of nitrogens with zero attached hydrogens (tertiary/aromatic N) is 1. The van der Waals surface area contributed by atoms with Gasteiger partial charge in [0.2, 0.25) is 0 Å². The average Bonchev–Trinajstić information content (AvgIpc) is 3.46. The van der Waals surface area contributed by atoms with Gasteiger partial charge in [-0.2, -0.15) is 13.2 Å². The molecule has 1 heterocycles. The first-order valence-corrected chi connectivity index (χ1v) is 9.74. The highest BCUT2D eigenvalue weighted by atomic mass is 19.4. The smallest absolute Gasteiger partial charge is 0.352 e. The van der Waals surface area contributed by atoms with E-state index in [2.05, 4.69) is 15.6 Å². The maximum Gasteiger partial charge on any atom is 0.419 e. The second kappa shape index (κ2) is 7.65. The molecule has 4 nitrogen and oxygen atoms in total. The molecule has 1 aromatic heterocycles. The van der Waals surface area contributed by atoms with Crippen LogP contribution in [0.1, 0.15) is 59.5 Å². The summed E-state index contributed by atoms with van der Waals surface area (Å²) in [6.07, 6.45) is 1.95. The van der Waals surface area contributed by atoms with Crippen LogP contribution >= 0.6 is 0 Å². The molecule has 0 atom stereocenters. The van der Waals surface area contributed by atoms with Gasteiger partial charge >= 0.3 is 6.18 Å². The minimum atomic E-state index is -4.78. The van der Waals surface area contributed by atoms with Gasteiger partial charge in [0.1, 0.15) is 5.82 Å². The van der Waals surface area contributed by atoms with Crippen molar-refractivity contribution in [1.29, 1.82) is 0 Å². The van der Waals surface area contributed by atoms with Crippen molar-refractivity contribution in [3.8, 4) is 0 Å². The van der Waals surface area contributed by atoms with Crippen molar-refractivity contribution < 1.29 is 22.4 Å². The first kappa shape index (κ1) is 19.7. The summed E-state index contributed by atoms with van der Waals surface area (Å²) in [6, 6.07) is 4.69. The van der Waals surface area contributed by atoms with E-state index in [1.807, 2.05) is 0 Å². The van der Waals surface area contributed by atoms with Crippen molar-refractivity contribution in [2.45, 2.75) is 44.2 Å². The molecule has 0 radical (unpaired) electrons. The van der Waals surface area contributed by atoms with Crippen molar-refractivity contribution in [3.63, 3.8) is 0 Å². The molecule has 2 fully saturated rings. The Kier molecular flexibility index (Phi) is 5.19. The summed E-state index contributed by atoms with van der Waals surface area (Å²) in [6.45, 7) is 0.637. The van der Waals surface area contributed by atoms with Crippen LogP contribution in [0.25, 0.3) is 0 Å². The lowest BCUT2D eigenvalue weighted by Gasteiger charge is -2.25. The molecule has 4 rings (SSSR count). The lowest BCUT2D eigenvalue weighted by atomic mass is 9.85. The van der Waals surface area contributed by atoms with E-state index in [0.29, 0.717) is 24.1 Å². The molecule has 1 amide bonds. The molecule has 2 aromatic rings. The number of pyridine rings is 1. The third kappa shape index (κ3) is 4.36. The minimum Gasteiger partial charge on any atom is -0.352 e. The third-order valence-corrected chi connectivity index (χ3v) is 5.54. The summed E-state index contributed by atoms with van der Waals surface area (Å²) >= 11 is 0. The first-order valence-electron chi connectivity index (χ1n) is 9.74. The molecule has 0 saturated heterocycles. The Balaban J connectivity index is 1.55. The topological polar surface area (TPSA) is 54.0 Å². The van der Waals surface area contributed by atoms with Gasteiger partial charge in [-0.3, -0.25) is 4.79 Å². The predicted molar refractivity (Wildman–Crippen MR) is 101 cm³/mol. The number of hydrogen-bond donors (Lipinski definition) is 2. The van der Waals surface area contributed by atoms with Gasteiger partial charge in [0.15, 0.2) is 5.82 Å². The number of hydrogen-bond acceptors (Lipinski definition) is 3. The summed E-state index contributed by atoms with van der Waals surface area (Å²) in [4.78, 5) is 16.7.